The molecule has 1 saturated heterocycles. The number of benzene rings is 1. The van der Waals surface area contributed by atoms with Gasteiger partial charge in [0.05, 0.1) is 0 Å². The molecule has 0 saturated carbocycles. The largest absolute Gasteiger partial charge is 0.317 e. The van der Waals surface area contributed by atoms with Crippen LogP contribution in [0.25, 0.3) is 0 Å². The summed E-state index contributed by atoms with van der Waals surface area (Å²) in [6.07, 6.45) is 2.70. The van der Waals surface area contributed by atoms with Crippen molar-refractivity contribution in [1.29, 1.82) is 0 Å². The maximum absolute atomic E-state index is 3.40. The van der Waals surface area contributed by atoms with Gasteiger partial charge < -0.3 is 5.32 Å². The summed E-state index contributed by atoms with van der Waals surface area (Å²) in [6.45, 7) is 8.04. The van der Waals surface area contributed by atoms with Crippen LogP contribution in [0.2, 0.25) is 0 Å². The summed E-state index contributed by atoms with van der Waals surface area (Å²) in [5.74, 6) is 0.800. The molecule has 0 bridgehead atoms. The number of nitrogens with one attached hydrogen (secondary N) is 1. The van der Waals surface area contributed by atoms with Crippen LogP contribution >= 0.6 is 0 Å². The average molecular weight is 246 g/mol. The zero-order chi connectivity index (χ0) is 13.0. The molecule has 1 N–H and O–H groups in total. The van der Waals surface area contributed by atoms with Gasteiger partial charge in [-0.15, -0.1) is 0 Å². The lowest BCUT2D eigenvalue weighted by Crippen LogP contribution is -2.43. The molecule has 2 nitrogen and oxygen atoms in total. The Bertz CT molecular complexity index is 358. The smallest absolute Gasteiger partial charge is 0.0233 e. The van der Waals surface area contributed by atoms with E-state index < -0.39 is 0 Å². The molecule has 2 heteroatoms. The predicted molar refractivity (Wildman–Crippen MR) is 77.7 cm³/mol. The van der Waals surface area contributed by atoms with E-state index in [4.69, 9.17) is 0 Å². The summed E-state index contributed by atoms with van der Waals surface area (Å²) < 4.78 is 0. The van der Waals surface area contributed by atoms with E-state index in [9.17, 15) is 0 Å². The molecule has 0 aliphatic carbocycles. The number of likely N-dealkylation sites (tertiary alicyclic amines) is 1. The van der Waals surface area contributed by atoms with Crippen LogP contribution in [-0.4, -0.2) is 31.1 Å². The third kappa shape index (κ3) is 3.56. The molecule has 0 radical (unpaired) electrons. The van der Waals surface area contributed by atoms with Crippen LogP contribution in [0.1, 0.15) is 30.9 Å². The number of aryl methyl sites for hydroxylation is 1. The van der Waals surface area contributed by atoms with Gasteiger partial charge in [0.15, 0.2) is 0 Å². The SMILES string of the molecule is CNC(C)C1CCCN(Cc2ccc(C)cc2)C1. The Morgan fingerprint density at radius 1 is 1.33 bits per heavy atom. The van der Waals surface area contributed by atoms with Gasteiger partial charge in [0.25, 0.3) is 0 Å². The van der Waals surface area contributed by atoms with Crippen molar-refractivity contribution in [2.75, 3.05) is 20.1 Å². The van der Waals surface area contributed by atoms with Gasteiger partial charge in [0, 0.05) is 19.1 Å². The molecule has 1 aromatic carbocycles. The van der Waals surface area contributed by atoms with Gasteiger partial charge in [0.1, 0.15) is 0 Å². The van der Waals surface area contributed by atoms with Crippen LogP contribution in [-0.2, 0) is 6.54 Å². The molecule has 2 unspecified atom stereocenters. The summed E-state index contributed by atoms with van der Waals surface area (Å²) >= 11 is 0. The molecule has 0 aromatic heterocycles. The van der Waals surface area contributed by atoms with Crippen LogP contribution in [0.3, 0.4) is 0 Å². The van der Waals surface area contributed by atoms with Crippen molar-refractivity contribution in [3.63, 3.8) is 0 Å². The Hall–Kier alpha value is -0.860. The Kier molecular flexibility index (Phi) is 4.79. The van der Waals surface area contributed by atoms with Gasteiger partial charge in [-0.25, -0.2) is 0 Å². The summed E-state index contributed by atoms with van der Waals surface area (Å²) in [6, 6.07) is 9.59. The fraction of sp³-hybridized carbons (Fsp3) is 0.625. The molecule has 2 rings (SSSR count). The minimum absolute atomic E-state index is 0.630. The molecule has 2 atom stereocenters. The number of rotatable bonds is 4. The van der Waals surface area contributed by atoms with Gasteiger partial charge in [0.2, 0.25) is 0 Å². The number of piperidine rings is 1. The van der Waals surface area contributed by atoms with Gasteiger partial charge in [-0.1, -0.05) is 29.8 Å². The standard InChI is InChI=1S/C16H26N2/c1-13-6-8-15(9-7-13)11-18-10-4-5-16(12-18)14(2)17-3/h6-9,14,16-17H,4-5,10-12H2,1-3H3. The zero-order valence-corrected chi connectivity index (χ0v) is 11.9. The van der Waals surface area contributed by atoms with Crippen LogP contribution in [0.4, 0.5) is 0 Å². The normalized spacial score (nSPS) is 22.9. The molecule has 0 spiro atoms. The van der Waals surface area contributed by atoms with Gasteiger partial charge in [-0.2, -0.15) is 0 Å². The molecule has 1 aliphatic rings. The Balaban J connectivity index is 1.91. The molecule has 0 amide bonds. The van der Waals surface area contributed by atoms with Crippen molar-refractivity contribution in [2.45, 2.75) is 39.3 Å². The highest BCUT2D eigenvalue weighted by Gasteiger charge is 2.23. The highest BCUT2D eigenvalue weighted by molar-refractivity contribution is 5.21. The second kappa shape index (κ2) is 6.35. The molecular formula is C16H26N2. The van der Waals surface area contributed by atoms with Gasteiger partial charge in [-0.05, 0) is 51.8 Å². The van der Waals surface area contributed by atoms with E-state index in [-0.39, 0.29) is 0 Å². The summed E-state index contributed by atoms with van der Waals surface area (Å²) in [5.41, 5.74) is 2.79. The zero-order valence-electron chi connectivity index (χ0n) is 11.9. The van der Waals surface area contributed by atoms with E-state index in [1.807, 2.05) is 0 Å². The van der Waals surface area contributed by atoms with Crippen molar-refractivity contribution in [1.82, 2.24) is 10.2 Å². The maximum atomic E-state index is 3.40. The van der Waals surface area contributed by atoms with E-state index in [1.54, 1.807) is 0 Å². The van der Waals surface area contributed by atoms with Crippen molar-refractivity contribution in [3.05, 3.63) is 35.4 Å². The number of hydrogen-bond acceptors (Lipinski definition) is 2. The van der Waals surface area contributed by atoms with Crippen LogP contribution < -0.4 is 5.32 Å². The molecule has 18 heavy (non-hydrogen) atoms. The van der Waals surface area contributed by atoms with Crippen LogP contribution in [0.5, 0.6) is 0 Å². The van der Waals surface area contributed by atoms with Crippen molar-refractivity contribution < 1.29 is 0 Å². The van der Waals surface area contributed by atoms with E-state index in [0.29, 0.717) is 6.04 Å². The topological polar surface area (TPSA) is 15.3 Å². The van der Waals surface area contributed by atoms with Crippen molar-refractivity contribution in [2.24, 2.45) is 5.92 Å². The molecule has 100 valence electrons. The van der Waals surface area contributed by atoms with Gasteiger partial charge in [-0.3, -0.25) is 4.90 Å². The quantitative estimate of drug-likeness (QED) is 0.879. The van der Waals surface area contributed by atoms with Crippen LogP contribution in [0.15, 0.2) is 24.3 Å². The highest BCUT2D eigenvalue weighted by Crippen LogP contribution is 2.21. The second-order valence-corrected chi connectivity index (χ2v) is 5.70. The summed E-state index contributed by atoms with van der Waals surface area (Å²) in [4.78, 5) is 2.60. The molecule has 1 heterocycles. The van der Waals surface area contributed by atoms with E-state index in [1.165, 1.54) is 37.1 Å². The minimum Gasteiger partial charge on any atom is -0.317 e. The Morgan fingerprint density at radius 2 is 2.06 bits per heavy atom. The van der Waals surface area contributed by atoms with Gasteiger partial charge >= 0.3 is 0 Å². The van der Waals surface area contributed by atoms with Crippen molar-refractivity contribution in [3.8, 4) is 0 Å². The van der Waals surface area contributed by atoms with Crippen LogP contribution in [0, 0.1) is 12.8 Å². The first-order valence-electron chi connectivity index (χ1n) is 7.14. The first-order valence-corrected chi connectivity index (χ1v) is 7.14. The first kappa shape index (κ1) is 13.6. The lowest BCUT2D eigenvalue weighted by molar-refractivity contribution is 0.147. The lowest BCUT2D eigenvalue weighted by atomic mass is 9.91. The second-order valence-electron chi connectivity index (χ2n) is 5.70. The number of nitrogens with zero attached hydrogens (tertiary/aromatic N) is 1. The third-order valence-electron chi connectivity index (χ3n) is 4.23. The fourth-order valence-corrected chi connectivity index (χ4v) is 2.83. The fourth-order valence-electron chi connectivity index (χ4n) is 2.83. The Morgan fingerprint density at radius 3 is 2.72 bits per heavy atom. The van der Waals surface area contributed by atoms with Crippen molar-refractivity contribution >= 4 is 0 Å². The predicted octanol–water partition coefficient (Wildman–Crippen LogP) is 2.81. The average Bonchev–Trinajstić information content (AvgIpc) is 2.41. The summed E-state index contributed by atoms with van der Waals surface area (Å²) in [7, 11) is 2.07. The van der Waals surface area contributed by atoms with E-state index in [0.717, 1.165) is 12.5 Å². The molecule has 1 fully saturated rings. The minimum atomic E-state index is 0.630. The molecule has 1 aliphatic heterocycles. The summed E-state index contributed by atoms with van der Waals surface area (Å²) in [5, 5.41) is 3.40. The molecular weight excluding hydrogens is 220 g/mol. The van der Waals surface area contributed by atoms with E-state index in [2.05, 4.69) is 55.4 Å². The first-order chi connectivity index (χ1) is 8.69. The lowest BCUT2D eigenvalue weighted by Gasteiger charge is -2.35. The van der Waals surface area contributed by atoms with E-state index >= 15 is 0 Å². The maximum Gasteiger partial charge on any atom is 0.0233 e. The Labute approximate surface area is 111 Å². The molecule has 1 aromatic rings. The monoisotopic (exact) mass is 246 g/mol. The highest BCUT2D eigenvalue weighted by atomic mass is 15.1. The third-order valence-corrected chi connectivity index (χ3v) is 4.23. The number of hydrogen-bond donors (Lipinski definition) is 1.